The van der Waals surface area contributed by atoms with Crippen LogP contribution >= 0.6 is 0 Å². The molecular formula is C52H64Si. The molecule has 0 atom stereocenters. The molecule has 4 aromatic carbocycles. The summed E-state index contributed by atoms with van der Waals surface area (Å²) in [5.74, 6) is 1.49. The van der Waals surface area contributed by atoms with Crippen LogP contribution in [0.5, 0.6) is 0 Å². The SMILES string of the molecule is CCCCC1=C([Si](C)(C)C2=C(CCCC)Cc3cccc(-c4ccc(C5CCCCC5)cc4)c32)c2c(cccc2-c2ccc(C3CCCCC3)cc2)C1. The lowest BCUT2D eigenvalue weighted by Crippen LogP contribution is -2.32. The first-order valence-corrected chi connectivity index (χ1v) is 24.9. The van der Waals surface area contributed by atoms with Gasteiger partial charge in [-0.2, -0.15) is 0 Å². The molecule has 2 fully saturated rings. The summed E-state index contributed by atoms with van der Waals surface area (Å²) in [6, 6.07) is 34.4. The molecule has 4 aromatic rings. The average Bonchev–Trinajstić information content (AvgIpc) is 3.79. The van der Waals surface area contributed by atoms with Crippen LogP contribution in [0, 0.1) is 0 Å². The average molecular weight is 717 g/mol. The molecule has 0 heterocycles. The summed E-state index contributed by atoms with van der Waals surface area (Å²) in [5, 5.41) is 3.54. The number of fused-ring (bicyclic) bond motifs is 2. The van der Waals surface area contributed by atoms with E-state index in [9.17, 15) is 0 Å². The van der Waals surface area contributed by atoms with E-state index >= 15 is 0 Å². The second kappa shape index (κ2) is 16.1. The fourth-order valence-corrected chi connectivity index (χ4v) is 15.4. The normalized spacial score (nSPS) is 18.2. The van der Waals surface area contributed by atoms with Crippen molar-refractivity contribution in [2.45, 2.75) is 154 Å². The second-order valence-corrected chi connectivity index (χ2v) is 22.0. The summed E-state index contributed by atoms with van der Waals surface area (Å²) < 4.78 is 0. The highest BCUT2D eigenvalue weighted by Gasteiger charge is 2.43. The van der Waals surface area contributed by atoms with E-state index in [1.54, 1.807) is 54.9 Å². The third kappa shape index (κ3) is 7.25. The maximum atomic E-state index is 2.74. The Morgan fingerprint density at radius 1 is 0.491 bits per heavy atom. The highest BCUT2D eigenvalue weighted by atomic mass is 28.3. The fraction of sp³-hybridized carbons (Fsp3) is 0.462. The van der Waals surface area contributed by atoms with Crippen molar-refractivity contribution in [2.24, 2.45) is 0 Å². The molecule has 0 radical (unpaired) electrons. The van der Waals surface area contributed by atoms with Gasteiger partial charge in [0.25, 0.3) is 0 Å². The Morgan fingerprint density at radius 2 is 0.887 bits per heavy atom. The maximum absolute atomic E-state index is 2.74. The molecule has 0 amide bonds. The lowest BCUT2D eigenvalue weighted by Gasteiger charge is -2.33. The zero-order chi connectivity index (χ0) is 36.4. The van der Waals surface area contributed by atoms with Gasteiger partial charge in [-0.05, 0) is 142 Å². The minimum Gasteiger partial charge on any atom is -0.0655 e. The minimum absolute atomic E-state index is 0.746. The Kier molecular flexibility index (Phi) is 11.1. The van der Waals surface area contributed by atoms with E-state index < -0.39 is 8.07 Å². The molecule has 0 saturated heterocycles. The van der Waals surface area contributed by atoms with Gasteiger partial charge in [-0.25, -0.2) is 0 Å². The number of benzene rings is 4. The Bertz CT molecular complexity index is 1810. The summed E-state index contributed by atoms with van der Waals surface area (Å²) in [6.45, 7) is 10.2. The van der Waals surface area contributed by atoms with Gasteiger partial charge in [0.15, 0.2) is 0 Å². The molecule has 0 spiro atoms. The molecule has 0 N–H and O–H groups in total. The summed E-state index contributed by atoms with van der Waals surface area (Å²) in [6.07, 6.45) is 23.6. The van der Waals surface area contributed by atoms with Crippen LogP contribution in [0.15, 0.2) is 96.1 Å². The predicted molar refractivity (Wildman–Crippen MR) is 233 cm³/mol. The molecule has 2 saturated carbocycles. The molecular weight excluding hydrogens is 653 g/mol. The number of hydrogen-bond donors (Lipinski definition) is 0. The smallest absolute Gasteiger partial charge is 0.0655 e. The van der Waals surface area contributed by atoms with Crippen molar-refractivity contribution in [1.82, 2.24) is 0 Å². The first-order valence-electron chi connectivity index (χ1n) is 21.9. The summed E-state index contributed by atoms with van der Waals surface area (Å²) in [4.78, 5) is 0. The van der Waals surface area contributed by atoms with E-state index in [1.807, 2.05) is 0 Å². The zero-order valence-electron chi connectivity index (χ0n) is 33.5. The number of hydrogen-bond acceptors (Lipinski definition) is 0. The van der Waals surface area contributed by atoms with Crippen molar-refractivity contribution in [2.75, 3.05) is 0 Å². The van der Waals surface area contributed by atoms with Gasteiger partial charge in [-0.15, -0.1) is 0 Å². The van der Waals surface area contributed by atoms with Gasteiger partial charge in [0.2, 0.25) is 0 Å². The van der Waals surface area contributed by atoms with Crippen LogP contribution in [-0.4, -0.2) is 8.07 Å². The van der Waals surface area contributed by atoms with Crippen LogP contribution in [-0.2, 0) is 12.8 Å². The van der Waals surface area contributed by atoms with Gasteiger partial charge in [0, 0.05) is 0 Å². The zero-order valence-corrected chi connectivity index (χ0v) is 34.5. The van der Waals surface area contributed by atoms with Crippen molar-refractivity contribution in [3.8, 4) is 22.3 Å². The molecule has 0 bridgehead atoms. The topological polar surface area (TPSA) is 0 Å². The first kappa shape index (κ1) is 36.5. The van der Waals surface area contributed by atoms with E-state index in [2.05, 4.69) is 112 Å². The highest BCUT2D eigenvalue weighted by Crippen LogP contribution is 2.54. The van der Waals surface area contributed by atoms with Crippen molar-refractivity contribution < 1.29 is 0 Å². The van der Waals surface area contributed by atoms with E-state index in [1.165, 1.54) is 125 Å². The lowest BCUT2D eigenvalue weighted by molar-refractivity contribution is 0.443. The van der Waals surface area contributed by atoms with E-state index in [0.717, 1.165) is 24.7 Å². The molecule has 53 heavy (non-hydrogen) atoms. The Hall–Kier alpha value is -3.42. The maximum Gasteiger partial charge on any atom is 0.113 e. The second-order valence-electron chi connectivity index (χ2n) is 17.7. The van der Waals surface area contributed by atoms with Gasteiger partial charge < -0.3 is 0 Å². The number of unbranched alkanes of at least 4 members (excludes halogenated alkanes) is 2. The quantitative estimate of drug-likeness (QED) is 0.128. The van der Waals surface area contributed by atoms with E-state index in [4.69, 9.17) is 0 Å². The van der Waals surface area contributed by atoms with Gasteiger partial charge in [-0.3, -0.25) is 0 Å². The molecule has 276 valence electrons. The predicted octanol–water partition coefficient (Wildman–Crippen LogP) is 15.6. The molecule has 0 aromatic heterocycles. The first-order chi connectivity index (χ1) is 26.0. The summed E-state index contributed by atoms with van der Waals surface area (Å²) in [7, 11) is -2.21. The van der Waals surface area contributed by atoms with Gasteiger partial charge in [-0.1, -0.05) is 174 Å². The molecule has 1 heteroatoms. The van der Waals surface area contributed by atoms with Gasteiger partial charge in [0.1, 0.15) is 8.07 Å². The molecule has 8 rings (SSSR count). The molecule has 0 unspecified atom stereocenters. The van der Waals surface area contributed by atoms with Crippen LogP contribution in [0.1, 0.15) is 162 Å². The molecule has 0 nitrogen and oxygen atoms in total. The fourth-order valence-electron chi connectivity index (χ4n) is 11.1. The number of allylic oxidation sites excluding steroid dienone is 2. The van der Waals surface area contributed by atoms with Crippen LogP contribution < -0.4 is 0 Å². The highest BCUT2D eigenvalue weighted by molar-refractivity contribution is 7.09. The standard InChI is InChI=1S/C52H64Si/c1-5-7-17-45-35-43-23-15-25-47(41-31-27-39(28-32-41)37-19-11-9-12-20-37)49(43)51(45)53(3,4)52-46(18-8-6-2)36-44-24-16-26-48(50(44)52)42-33-29-40(30-34-42)38-21-13-10-14-22-38/h15-16,23-34,37-38H,5-14,17-22,35-36H2,1-4H3. The summed E-state index contributed by atoms with van der Waals surface area (Å²) in [5.41, 5.74) is 18.7. The lowest BCUT2D eigenvalue weighted by atomic mass is 9.83. The third-order valence-electron chi connectivity index (χ3n) is 13.8. The van der Waals surface area contributed by atoms with Crippen molar-refractivity contribution in [1.29, 1.82) is 0 Å². The molecule has 0 aliphatic heterocycles. The van der Waals surface area contributed by atoms with Crippen molar-refractivity contribution in [3.05, 3.63) is 129 Å². The van der Waals surface area contributed by atoms with Crippen LogP contribution in [0.25, 0.3) is 32.6 Å². The Balaban J connectivity index is 1.24. The number of rotatable bonds is 12. The summed E-state index contributed by atoms with van der Waals surface area (Å²) >= 11 is 0. The minimum atomic E-state index is -2.21. The van der Waals surface area contributed by atoms with E-state index in [0.29, 0.717) is 0 Å². The van der Waals surface area contributed by atoms with Crippen LogP contribution in [0.2, 0.25) is 13.1 Å². The molecule has 4 aliphatic rings. The van der Waals surface area contributed by atoms with Crippen LogP contribution in [0.3, 0.4) is 0 Å². The monoisotopic (exact) mass is 716 g/mol. The van der Waals surface area contributed by atoms with Gasteiger partial charge in [0.05, 0.1) is 0 Å². The van der Waals surface area contributed by atoms with Gasteiger partial charge >= 0.3 is 0 Å². The molecule has 4 aliphatic carbocycles. The van der Waals surface area contributed by atoms with Crippen molar-refractivity contribution >= 4 is 18.5 Å². The third-order valence-corrected chi connectivity index (χ3v) is 17.5. The largest absolute Gasteiger partial charge is 0.113 e. The van der Waals surface area contributed by atoms with Crippen LogP contribution in [0.4, 0.5) is 0 Å². The van der Waals surface area contributed by atoms with E-state index in [-0.39, 0.29) is 0 Å². The Labute approximate surface area is 323 Å². The Morgan fingerprint density at radius 3 is 1.26 bits per heavy atom. The van der Waals surface area contributed by atoms with Crippen molar-refractivity contribution in [3.63, 3.8) is 0 Å².